The molecule has 134 valence electrons. The van der Waals surface area contributed by atoms with Crippen LogP contribution in [-0.2, 0) is 0 Å². The topological polar surface area (TPSA) is 71.1 Å². The van der Waals surface area contributed by atoms with E-state index in [4.69, 9.17) is 0 Å². The smallest absolute Gasteiger partial charge is 0.281 e. The van der Waals surface area contributed by atoms with Crippen molar-refractivity contribution in [1.29, 1.82) is 0 Å². The van der Waals surface area contributed by atoms with Gasteiger partial charge in [0, 0.05) is 0 Å². The van der Waals surface area contributed by atoms with E-state index in [-0.39, 0.29) is 0 Å². The molecule has 0 aliphatic carbocycles. The van der Waals surface area contributed by atoms with Crippen LogP contribution in [0.15, 0.2) is 46.0 Å². The van der Waals surface area contributed by atoms with Gasteiger partial charge in [0.25, 0.3) is 22.4 Å². The van der Waals surface area contributed by atoms with Crippen LogP contribution in [0.25, 0.3) is 0 Å². The van der Waals surface area contributed by atoms with Gasteiger partial charge in [0.15, 0.2) is 11.6 Å². The highest BCUT2D eigenvalue weighted by atomic mass is 19.2. The van der Waals surface area contributed by atoms with Gasteiger partial charge in [0.1, 0.15) is 0 Å². The van der Waals surface area contributed by atoms with Gasteiger partial charge in [-0.15, -0.1) is 0 Å². The van der Waals surface area contributed by atoms with E-state index in [9.17, 15) is 27.2 Å². The molecule has 0 atom stereocenters. The molecule has 3 aromatic carbocycles. The summed E-state index contributed by atoms with van der Waals surface area (Å²) in [5.41, 5.74) is -2.42. The zero-order valence-electron chi connectivity index (χ0n) is 12.4. The zero-order valence-corrected chi connectivity index (χ0v) is 12.4. The standard InChI is InChI=1S/C16H6F4O6/c17-7-3-1-5-9(11(7)19)23-25-15-13(21)14(22)16(15)26-24-10-6-2-4-8(18)12(10)20/h1-6H. The average Bonchev–Trinajstić information content (AvgIpc) is 2.63. The lowest BCUT2D eigenvalue weighted by Crippen LogP contribution is -2.35. The molecular weight excluding hydrogens is 364 g/mol. The summed E-state index contributed by atoms with van der Waals surface area (Å²) in [5, 5.41) is 0. The second kappa shape index (κ2) is 6.75. The van der Waals surface area contributed by atoms with Crippen LogP contribution in [0.4, 0.5) is 17.6 Å². The van der Waals surface area contributed by atoms with Crippen molar-refractivity contribution in [3.8, 4) is 23.0 Å². The monoisotopic (exact) mass is 370 g/mol. The fourth-order valence-electron chi connectivity index (χ4n) is 1.77. The lowest BCUT2D eigenvalue weighted by Gasteiger charge is -2.12. The summed E-state index contributed by atoms with van der Waals surface area (Å²) in [6.07, 6.45) is 0. The summed E-state index contributed by atoms with van der Waals surface area (Å²) >= 11 is 0. The number of benzene rings is 2. The Balaban J connectivity index is 1.74. The Morgan fingerprint density at radius 1 is 0.577 bits per heavy atom. The summed E-state index contributed by atoms with van der Waals surface area (Å²) in [6, 6.07) is 5.82. The van der Waals surface area contributed by atoms with Crippen molar-refractivity contribution >= 4 is 0 Å². The molecule has 0 amide bonds. The summed E-state index contributed by atoms with van der Waals surface area (Å²) < 4.78 is 52.9. The molecule has 0 bridgehead atoms. The van der Waals surface area contributed by atoms with E-state index >= 15 is 0 Å². The van der Waals surface area contributed by atoms with Crippen molar-refractivity contribution in [3.63, 3.8) is 0 Å². The molecule has 0 aliphatic heterocycles. The molecule has 0 N–H and O–H groups in total. The molecular formula is C16H6F4O6. The fraction of sp³-hybridized carbons (Fsp3) is 0. The first-order valence-electron chi connectivity index (χ1n) is 6.80. The van der Waals surface area contributed by atoms with Gasteiger partial charge in [-0.25, -0.2) is 8.78 Å². The lowest BCUT2D eigenvalue weighted by molar-refractivity contribution is -0.134. The van der Waals surface area contributed by atoms with Gasteiger partial charge in [-0.3, -0.25) is 29.1 Å². The molecule has 0 saturated heterocycles. The number of rotatable bonds is 6. The van der Waals surface area contributed by atoms with Gasteiger partial charge in [0.05, 0.1) is 0 Å². The van der Waals surface area contributed by atoms with Gasteiger partial charge in [-0.05, 0) is 24.3 Å². The highest BCUT2D eigenvalue weighted by Gasteiger charge is 2.29. The van der Waals surface area contributed by atoms with E-state index in [0.717, 1.165) is 36.4 Å². The summed E-state index contributed by atoms with van der Waals surface area (Å²) in [4.78, 5) is 40.7. The van der Waals surface area contributed by atoms with Crippen LogP contribution in [-0.4, -0.2) is 0 Å². The Hall–Kier alpha value is -3.56. The van der Waals surface area contributed by atoms with Crippen LogP contribution < -0.4 is 30.4 Å². The quantitative estimate of drug-likeness (QED) is 0.288. The summed E-state index contributed by atoms with van der Waals surface area (Å²) in [6.45, 7) is 0. The van der Waals surface area contributed by atoms with Crippen molar-refractivity contribution in [2.45, 2.75) is 0 Å². The highest BCUT2D eigenvalue weighted by Crippen LogP contribution is 2.26. The highest BCUT2D eigenvalue weighted by molar-refractivity contribution is 5.45. The zero-order chi connectivity index (χ0) is 18.8. The molecule has 0 aromatic heterocycles. The molecule has 0 saturated carbocycles. The largest absolute Gasteiger partial charge is 0.286 e. The SMILES string of the molecule is O=c1c(OOc2cccc(F)c2F)c(OOc2cccc(F)c2F)c1=O. The van der Waals surface area contributed by atoms with Gasteiger partial charge in [-0.1, -0.05) is 12.1 Å². The Kier molecular flexibility index (Phi) is 4.48. The molecule has 0 heterocycles. The third-order valence-corrected chi connectivity index (χ3v) is 3.09. The van der Waals surface area contributed by atoms with Crippen LogP contribution in [0, 0.1) is 23.3 Å². The van der Waals surface area contributed by atoms with Gasteiger partial charge in [0.2, 0.25) is 23.1 Å². The van der Waals surface area contributed by atoms with Crippen LogP contribution in [0.2, 0.25) is 0 Å². The van der Waals surface area contributed by atoms with Crippen molar-refractivity contribution in [2.24, 2.45) is 0 Å². The number of hydrogen-bond acceptors (Lipinski definition) is 6. The van der Waals surface area contributed by atoms with E-state index in [1.807, 2.05) is 0 Å². The predicted octanol–water partition coefficient (Wildman–Crippen LogP) is 2.58. The minimum absolute atomic E-state index is 0.707. The number of hydrogen-bond donors (Lipinski definition) is 0. The van der Waals surface area contributed by atoms with Crippen LogP contribution in [0.3, 0.4) is 0 Å². The maximum absolute atomic E-state index is 13.4. The summed E-state index contributed by atoms with van der Waals surface area (Å²) in [7, 11) is 0. The minimum Gasteiger partial charge on any atom is -0.286 e. The van der Waals surface area contributed by atoms with Crippen molar-refractivity contribution in [1.82, 2.24) is 0 Å². The molecule has 3 aromatic rings. The molecule has 0 unspecified atom stereocenters. The molecule has 3 rings (SSSR count). The maximum atomic E-state index is 13.4. The first-order chi connectivity index (χ1) is 12.4. The third-order valence-electron chi connectivity index (χ3n) is 3.09. The molecule has 0 aliphatic rings. The maximum Gasteiger partial charge on any atom is 0.281 e. The minimum atomic E-state index is -1.40. The van der Waals surface area contributed by atoms with Crippen LogP contribution in [0.1, 0.15) is 0 Å². The molecule has 0 spiro atoms. The average molecular weight is 370 g/mol. The third kappa shape index (κ3) is 3.04. The second-order valence-corrected chi connectivity index (χ2v) is 4.75. The predicted molar refractivity (Wildman–Crippen MR) is 76.6 cm³/mol. The molecule has 0 fully saturated rings. The normalized spacial score (nSPS) is 10.6. The molecule has 6 nitrogen and oxygen atoms in total. The molecule has 10 heteroatoms. The first-order valence-corrected chi connectivity index (χ1v) is 6.80. The van der Waals surface area contributed by atoms with E-state index in [0.29, 0.717) is 0 Å². The van der Waals surface area contributed by atoms with Crippen molar-refractivity contribution in [3.05, 3.63) is 80.1 Å². The molecule has 0 radical (unpaired) electrons. The van der Waals surface area contributed by atoms with Gasteiger partial charge in [-0.2, -0.15) is 8.78 Å². The van der Waals surface area contributed by atoms with Crippen LogP contribution in [0.5, 0.6) is 23.0 Å². The van der Waals surface area contributed by atoms with E-state index in [1.165, 1.54) is 0 Å². The lowest BCUT2D eigenvalue weighted by atomic mass is 10.2. The second-order valence-electron chi connectivity index (χ2n) is 4.75. The van der Waals surface area contributed by atoms with Crippen molar-refractivity contribution < 1.29 is 37.1 Å². The van der Waals surface area contributed by atoms with Crippen LogP contribution >= 0.6 is 0 Å². The van der Waals surface area contributed by atoms with E-state index in [1.54, 1.807) is 0 Å². The Morgan fingerprint density at radius 3 is 1.35 bits per heavy atom. The van der Waals surface area contributed by atoms with Crippen molar-refractivity contribution in [2.75, 3.05) is 0 Å². The Labute approximate surface area is 141 Å². The van der Waals surface area contributed by atoms with E-state index < -0.39 is 57.1 Å². The van der Waals surface area contributed by atoms with Gasteiger partial charge >= 0.3 is 0 Å². The first kappa shape index (κ1) is 17.3. The Bertz CT molecular complexity index is 959. The van der Waals surface area contributed by atoms with Gasteiger partial charge < -0.3 is 0 Å². The number of halogens is 4. The summed E-state index contributed by atoms with van der Waals surface area (Å²) in [5.74, 6) is -8.33. The Morgan fingerprint density at radius 2 is 0.962 bits per heavy atom. The fourth-order valence-corrected chi connectivity index (χ4v) is 1.77. The van der Waals surface area contributed by atoms with E-state index in [2.05, 4.69) is 19.6 Å². The molecule has 26 heavy (non-hydrogen) atoms.